The van der Waals surface area contributed by atoms with Gasteiger partial charge in [0.1, 0.15) is 5.75 Å². The molecule has 2 aromatic rings. The quantitative estimate of drug-likeness (QED) is 0.904. The van der Waals surface area contributed by atoms with E-state index in [1.165, 1.54) is 7.11 Å². The highest BCUT2D eigenvalue weighted by molar-refractivity contribution is 9.10. The number of aromatic nitrogens is 1. The molecule has 0 saturated carbocycles. The van der Waals surface area contributed by atoms with Crippen molar-refractivity contribution in [3.05, 3.63) is 58.3 Å². The van der Waals surface area contributed by atoms with Crippen molar-refractivity contribution in [3.8, 4) is 5.75 Å². The third kappa shape index (κ3) is 2.63. The van der Waals surface area contributed by atoms with Crippen LogP contribution in [0.1, 0.15) is 11.3 Å². The first-order valence-corrected chi connectivity index (χ1v) is 6.50. The standard InChI is InChI=1S/C14H14BrNO3/c1-19-12-5-3-2-4-11(12)14(18,9-17)13-7-6-10(15)8-16-13/h2-8,17-18H,9H2,1H3. The highest BCUT2D eigenvalue weighted by Gasteiger charge is 2.35. The number of benzene rings is 1. The number of nitrogens with zero attached hydrogens (tertiary/aromatic N) is 1. The SMILES string of the molecule is COc1ccccc1C(O)(CO)c1ccc(Br)cn1. The number of para-hydroxylation sites is 1. The average molecular weight is 324 g/mol. The van der Waals surface area contributed by atoms with Crippen LogP contribution >= 0.6 is 15.9 Å². The van der Waals surface area contributed by atoms with Crippen molar-refractivity contribution in [2.75, 3.05) is 13.7 Å². The summed E-state index contributed by atoms with van der Waals surface area (Å²) < 4.78 is 6.03. The molecule has 0 aliphatic carbocycles. The summed E-state index contributed by atoms with van der Waals surface area (Å²) in [5, 5.41) is 20.4. The second-order valence-electron chi connectivity index (χ2n) is 4.08. The molecule has 0 saturated heterocycles. The molecular formula is C14H14BrNO3. The van der Waals surface area contributed by atoms with Gasteiger partial charge in [0.05, 0.1) is 19.4 Å². The van der Waals surface area contributed by atoms with Crippen molar-refractivity contribution >= 4 is 15.9 Å². The highest BCUT2D eigenvalue weighted by Crippen LogP contribution is 2.34. The Morgan fingerprint density at radius 3 is 2.58 bits per heavy atom. The summed E-state index contributed by atoms with van der Waals surface area (Å²) in [6.07, 6.45) is 1.57. The van der Waals surface area contributed by atoms with Crippen LogP contribution in [0.3, 0.4) is 0 Å². The highest BCUT2D eigenvalue weighted by atomic mass is 79.9. The lowest BCUT2D eigenvalue weighted by molar-refractivity contribution is 0.0119. The number of methoxy groups -OCH3 is 1. The summed E-state index contributed by atoms with van der Waals surface area (Å²) in [4.78, 5) is 4.16. The van der Waals surface area contributed by atoms with E-state index in [0.717, 1.165) is 4.47 Å². The van der Waals surface area contributed by atoms with Crippen molar-refractivity contribution in [2.24, 2.45) is 0 Å². The number of halogens is 1. The number of hydrogen-bond acceptors (Lipinski definition) is 4. The topological polar surface area (TPSA) is 62.6 Å². The van der Waals surface area contributed by atoms with Crippen molar-refractivity contribution in [1.82, 2.24) is 4.98 Å². The van der Waals surface area contributed by atoms with Gasteiger partial charge >= 0.3 is 0 Å². The van der Waals surface area contributed by atoms with Crippen LogP contribution in [-0.4, -0.2) is 28.9 Å². The maximum Gasteiger partial charge on any atom is 0.158 e. The van der Waals surface area contributed by atoms with Gasteiger partial charge in [0, 0.05) is 16.2 Å². The monoisotopic (exact) mass is 323 g/mol. The zero-order chi connectivity index (χ0) is 13.9. The van der Waals surface area contributed by atoms with Crippen LogP contribution < -0.4 is 4.74 Å². The molecule has 0 fully saturated rings. The molecular weight excluding hydrogens is 310 g/mol. The molecule has 2 rings (SSSR count). The first kappa shape index (κ1) is 14.0. The molecule has 0 amide bonds. The number of rotatable bonds is 4. The first-order valence-electron chi connectivity index (χ1n) is 5.70. The van der Waals surface area contributed by atoms with Crippen LogP contribution in [0.2, 0.25) is 0 Å². The summed E-state index contributed by atoms with van der Waals surface area (Å²) in [7, 11) is 1.52. The van der Waals surface area contributed by atoms with E-state index in [9.17, 15) is 10.2 Å². The Balaban J connectivity index is 2.56. The van der Waals surface area contributed by atoms with Crippen molar-refractivity contribution < 1.29 is 14.9 Å². The molecule has 1 aromatic heterocycles. The summed E-state index contributed by atoms with van der Waals surface area (Å²) in [5.41, 5.74) is -0.745. The van der Waals surface area contributed by atoms with Gasteiger partial charge in [-0.3, -0.25) is 4.98 Å². The molecule has 1 atom stereocenters. The molecule has 0 aliphatic heterocycles. The molecule has 0 aliphatic rings. The van der Waals surface area contributed by atoms with Gasteiger partial charge in [-0.1, -0.05) is 18.2 Å². The average Bonchev–Trinajstić information content (AvgIpc) is 2.47. The van der Waals surface area contributed by atoms with Gasteiger partial charge < -0.3 is 14.9 Å². The molecule has 4 nitrogen and oxygen atoms in total. The molecule has 1 aromatic carbocycles. The summed E-state index contributed by atoms with van der Waals surface area (Å²) in [6, 6.07) is 10.4. The fraction of sp³-hybridized carbons (Fsp3) is 0.214. The second kappa shape index (κ2) is 5.69. The molecule has 2 N–H and O–H groups in total. The smallest absolute Gasteiger partial charge is 0.158 e. The third-order valence-electron chi connectivity index (χ3n) is 2.93. The zero-order valence-corrected chi connectivity index (χ0v) is 12.0. The Bertz CT molecular complexity index is 559. The van der Waals surface area contributed by atoms with E-state index in [1.54, 1.807) is 42.6 Å². The van der Waals surface area contributed by atoms with E-state index in [2.05, 4.69) is 20.9 Å². The molecule has 19 heavy (non-hydrogen) atoms. The molecule has 0 radical (unpaired) electrons. The van der Waals surface area contributed by atoms with E-state index in [4.69, 9.17) is 4.74 Å². The van der Waals surface area contributed by atoms with Gasteiger partial charge in [0.25, 0.3) is 0 Å². The van der Waals surface area contributed by atoms with E-state index < -0.39 is 12.2 Å². The normalized spacial score (nSPS) is 13.9. The fourth-order valence-corrected chi connectivity index (χ4v) is 2.15. The van der Waals surface area contributed by atoms with E-state index in [0.29, 0.717) is 17.0 Å². The Morgan fingerprint density at radius 1 is 1.26 bits per heavy atom. The number of ether oxygens (including phenoxy) is 1. The zero-order valence-electron chi connectivity index (χ0n) is 10.4. The van der Waals surface area contributed by atoms with Crippen LogP contribution in [0.5, 0.6) is 5.75 Å². The minimum Gasteiger partial charge on any atom is -0.496 e. The van der Waals surface area contributed by atoms with Crippen molar-refractivity contribution in [1.29, 1.82) is 0 Å². The van der Waals surface area contributed by atoms with Crippen LogP contribution in [0.15, 0.2) is 47.1 Å². The van der Waals surface area contributed by atoms with Gasteiger partial charge in [0.2, 0.25) is 0 Å². The number of pyridine rings is 1. The van der Waals surface area contributed by atoms with Gasteiger partial charge in [-0.05, 0) is 34.1 Å². The lowest BCUT2D eigenvalue weighted by Gasteiger charge is -2.27. The Morgan fingerprint density at radius 2 is 2.00 bits per heavy atom. The van der Waals surface area contributed by atoms with Gasteiger partial charge in [-0.15, -0.1) is 0 Å². The molecule has 0 bridgehead atoms. The van der Waals surface area contributed by atoms with Crippen molar-refractivity contribution in [2.45, 2.75) is 5.60 Å². The first-order chi connectivity index (χ1) is 9.11. The minimum absolute atomic E-state index is 0.364. The summed E-state index contributed by atoms with van der Waals surface area (Å²) in [6.45, 7) is -0.484. The van der Waals surface area contributed by atoms with Crippen LogP contribution in [0.25, 0.3) is 0 Å². The Labute approximate surface area is 119 Å². The maximum atomic E-state index is 10.8. The lowest BCUT2D eigenvalue weighted by Crippen LogP contribution is -2.33. The van der Waals surface area contributed by atoms with E-state index in [-0.39, 0.29) is 0 Å². The van der Waals surface area contributed by atoms with Crippen LogP contribution in [0.4, 0.5) is 0 Å². The summed E-state index contributed by atoms with van der Waals surface area (Å²) in [5.74, 6) is 0.503. The number of hydrogen-bond donors (Lipinski definition) is 2. The maximum absolute atomic E-state index is 10.8. The van der Waals surface area contributed by atoms with E-state index >= 15 is 0 Å². The van der Waals surface area contributed by atoms with Crippen LogP contribution in [0, 0.1) is 0 Å². The molecule has 100 valence electrons. The number of aliphatic hydroxyl groups excluding tert-OH is 1. The van der Waals surface area contributed by atoms with Gasteiger partial charge in [-0.2, -0.15) is 0 Å². The van der Waals surface area contributed by atoms with Gasteiger partial charge in [0.15, 0.2) is 5.60 Å². The summed E-state index contributed by atoms with van der Waals surface area (Å²) >= 11 is 3.29. The second-order valence-corrected chi connectivity index (χ2v) is 5.00. The molecule has 1 heterocycles. The molecule has 5 heteroatoms. The fourth-order valence-electron chi connectivity index (χ4n) is 1.91. The molecule has 0 spiro atoms. The lowest BCUT2D eigenvalue weighted by atomic mass is 9.90. The number of aliphatic hydroxyl groups is 2. The molecule has 1 unspecified atom stereocenters. The van der Waals surface area contributed by atoms with E-state index in [1.807, 2.05) is 0 Å². The Kier molecular flexibility index (Phi) is 4.19. The predicted molar refractivity (Wildman–Crippen MR) is 75.0 cm³/mol. The van der Waals surface area contributed by atoms with Crippen LogP contribution in [-0.2, 0) is 5.60 Å². The predicted octanol–water partition coefficient (Wildman–Crippen LogP) is 2.08. The Hall–Kier alpha value is -1.43. The third-order valence-corrected chi connectivity index (χ3v) is 3.40. The largest absolute Gasteiger partial charge is 0.496 e. The van der Waals surface area contributed by atoms with Crippen molar-refractivity contribution in [3.63, 3.8) is 0 Å². The van der Waals surface area contributed by atoms with Gasteiger partial charge in [-0.25, -0.2) is 0 Å². The minimum atomic E-state index is -1.59.